The summed E-state index contributed by atoms with van der Waals surface area (Å²) in [6.45, 7) is 1.75. The van der Waals surface area contributed by atoms with E-state index >= 15 is 0 Å². The molecule has 0 N–H and O–H groups in total. The molecule has 2 fully saturated rings. The summed E-state index contributed by atoms with van der Waals surface area (Å²) >= 11 is 0. The smallest absolute Gasteiger partial charge is 0.410 e. The van der Waals surface area contributed by atoms with Crippen LogP contribution in [0.4, 0.5) is 9.18 Å². The first-order valence-electron chi connectivity index (χ1n) is 4.32. The van der Waals surface area contributed by atoms with Gasteiger partial charge in [0.15, 0.2) is 0 Å². The molecule has 2 saturated heterocycles. The van der Waals surface area contributed by atoms with Crippen LogP contribution < -0.4 is 0 Å². The molecule has 0 aliphatic carbocycles. The number of likely N-dealkylation sites (N-methyl/N-ethyl adjacent to an activating group) is 1. The first-order valence-corrected chi connectivity index (χ1v) is 4.32. The quantitative estimate of drug-likeness (QED) is 0.568. The second kappa shape index (κ2) is 2.83. The average molecular weight is 189 g/mol. The number of carbonyl (C=O) groups is 1. The molecule has 0 radical (unpaired) electrons. The van der Waals surface area contributed by atoms with Crippen LogP contribution in [0.1, 0.15) is 13.3 Å². The lowest BCUT2D eigenvalue weighted by atomic mass is 10.00. The molecule has 4 nitrogen and oxygen atoms in total. The summed E-state index contributed by atoms with van der Waals surface area (Å²) < 4.78 is 22.9. The van der Waals surface area contributed by atoms with Crippen molar-refractivity contribution in [3.05, 3.63) is 0 Å². The number of ether oxygens (including phenoxy) is 2. The molecule has 0 aromatic carbocycles. The van der Waals surface area contributed by atoms with Gasteiger partial charge < -0.3 is 14.4 Å². The van der Waals surface area contributed by atoms with Crippen LogP contribution in [0.5, 0.6) is 0 Å². The molecule has 2 aliphatic rings. The third-order valence-corrected chi connectivity index (χ3v) is 2.63. The van der Waals surface area contributed by atoms with E-state index in [1.807, 2.05) is 0 Å². The zero-order valence-electron chi connectivity index (χ0n) is 7.57. The Morgan fingerprint density at radius 2 is 2.31 bits per heavy atom. The second-order valence-corrected chi connectivity index (χ2v) is 3.51. The number of alkyl halides is 1. The Morgan fingerprint density at radius 3 is 3.00 bits per heavy atom. The highest BCUT2D eigenvalue weighted by atomic mass is 19.1. The van der Waals surface area contributed by atoms with E-state index in [9.17, 15) is 9.18 Å². The number of nitrogens with zero attached hydrogens (tertiary/aromatic N) is 1. The van der Waals surface area contributed by atoms with Crippen molar-refractivity contribution >= 4 is 6.09 Å². The van der Waals surface area contributed by atoms with Gasteiger partial charge in [-0.3, -0.25) is 0 Å². The van der Waals surface area contributed by atoms with Crippen LogP contribution in [0, 0.1) is 0 Å². The fourth-order valence-corrected chi connectivity index (χ4v) is 2.01. The minimum absolute atomic E-state index is 0.139. The van der Waals surface area contributed by atoms with Gasteiger partial charge in [-0.25, -0.2) is 9.18 Å². The Morgan fingerprint density at radius 1 is 1.62 bits per heavy atom. The summed E-state index contributed by atoms with van der Waals surface area (Å²) in [6.07, 6.45) is -2.21. The number of fused-ring (bicyclic) bond motifs is 1. The molecule has 0 spiro atoms. The van der Waals surface area contributed by atoms with Crippen molar-refractivity contribution in [1.82, 2.24) is 4.90 Å². The molecule has 4 atom stereocenters. The normalized spacial score (nSPS) is 44.5. The maximum absolute atomic E-state index is 12.9. The maximum Gasteiger partial charge on any atom is 0.410 e. The number of hydrogen-bond acceptors (Lipinski definition) is 3. The van der Waals surface area contributed by atoms with E-state index in [2.05, 4.69) is 0 Å². The Bertz CT molecular complexity index is 235. The van der Waals surface area contributed by atoms with Crippen LogP contribution in [-0.2, 0) is 9.47 Å². The molecule has 2 heterocycles. The molecule has 13 heavy (non-hydrogen) atoms. The van der Waals surface area contributed by atoms with Gasteiger partial charge in [-0.15, -0.1) is 0 Å². The SMILES string of the molecule is C[C@@H]1OC(F)C[C@H]2OC(=O)N(C)[C@@H]12. The third kappa shape index (κ3) is 1.27. The van der Waals surface area contributed by atoms with Crippen molar-refractivity contribution in [1.29, 1.82) is 0 Å². The summed E-state index contributed by atoms with van der Waals surface area (Å²) in [5.74, 6) is 0. The highest BCUT2D eigenvalue weighted by Gasteiger charge is 2.48. The molecule has 1 amide bonds. The molecular weight excluding hydrogens is 177 g/mol. The van der Waals surface area contributed by atoms with Crippen LogP contribution in [0.15, 0.2) is 0 Å². The molecular formula is C8H12FNO3. The second-order valence-electron chi connectivity index (χ2n) is 3.51. The number of carbonyl (C=O) groups excluding carboxylic acids is 1. The van der Waals surface area contributed by atoms with Gasteiger partial charge in [0, 0.05) is 13.5 Å². The summed E-state index contributed by atoms with van der Waals surface area (Å²) in [5.41, 5.74) is 0. The van der Waals surface area contributed by atoms with Crippen molar-refractivity contribution in [2.75, 3.05) is 7.05 Å². The van der Waals surface area contributed by atoms with Gasteiger partial charge in [0.2, 0.25) is 6.36 Å². The van der Waals surface area contributed by atoms with E-state index < -0.39 is 6.36 Å². The van der Waals surface area contributed by atoms with Gasteiger partial charge in [-0.1, -0.05) is 0 Å². The molecule has 2 rings (SSSR count). The van der Waals surface area contributed by atoms with Gasteiger partial charge >= 0.3 is 6.09 Å². The summed E-state index contributed by atoms with van der Waals surface area (Å²) in [7, 11) is 1.64. The molecule has 2 aliphatic heterocycles. The monoisotopic (exact) mass is 189 g/mol. The molecule has 0 aromatic heterocycles. The molecule has 1 unspecified atom stereocenters. The van der Waals surface area contributed by atoms with E-state index in [1.54, 1.807) is 14.0 Å². The summed E-state index contributed by atoms with van der Waals surface area (Å²) in [5, 5.41) is 0. The van der Waals surface area contributed by atoms with Crippen molar-refractivity contribution < 1.29 is 18.7 Å². The van der Waals surface area contributed by atoms with E-state index in [-0.39, 0.29) is 30.8 Å². The molecule has 0 aromatic rings. The predicted octanol–water partition coefficient (Wildman–Crippen LogP) is 0.910. The zero-order chi connectivity index (χ0) is 9.59. The van der Waals surface area contributed by atoms with Gasteiger partial charge in [0.05, 0.1) is 12.1 Å². The lowest BCUT2D eigenvalue weighted by Crippen LogP contribution is -2.49. The highest BCUT2D eigenvalue weighted by Crippen LogP contribution is 2.31. The molecule has 0 bridgehead atoms. The first-order chi connectivity index (χ1) is 6.09. The number of amides is 1. The van der Waals surface area contributed by atoms with E-state index in [1.165, 1.54) is 4.90 Å². The standard InChI is InChI=1S/C8H12FNO3/c1-4-7-5(3-6(9)12-4)13-8(11)10(7)2/h4-7H,3H2,1-2H3/t4-,5+,6?,7-/m0/s1. The van der Waals surface area contributed by atoms with Crippen LogP contribution in [-0.4, -0.2) is 42.6 Å². The minimum atomic E-state index is -1.31. The van der Waals surface area contributed by atoms with Crippen molar-refractivity contribution in [3.63, 3.8) is 0 Å². The average Bonchev–Trinajstić information content (AvgIpc) is 2.27. The van der Waals surface area contributed by atoms with E-state index in [4.69, 9.17) is 9.47 Å². The summed E-state index contributed by atoms with van der Waals surface area (Å²) in [4.78, 5) is 12.6. The molecule has 5 heteroatoms. The Hall–Kier alpha value is -0.840. The van der Waals surface area contributed by atoms with Crippen molar-refractivity contribution in [2.45, 2.75) is 38.0 Å². The summed E-state index contributed by atoms with van der Waals surface area (Å²) in [6, 6.07) is -0.139. The van der Waals surface area contributed by atoms with E-state index in [0.29, 0.717) is 0 Å². The predicted molar refractivity (Wildman–Crippen MR) is 41.9 cm³/mol. The number of rotatable bonds is 0. The van der Waals surface area contributed by atoms with Gasteiger partial charge in [0.25, 0.3) is 0 Å². The van der Waals surface area contributed by atoms with Crippen molar-refractivity contribution in [2.24, 2.45) is 0 Å². The van der Waals surface area contributed by atoms with Gasteiger partial charge in [-0.2, -0.15) is 0 Å². The minimum Gasteiger partial charge on any atom is -0.444 e. The van der Waals surface area contributed by atoms with Gasteiger partial charge in [-0.05, 0) is 6.92 Å². The fourth-order valence-electron chi connectivity index (χ4n) is 2.01. The van der Waals surface area contributed by atoms with Crippen LogP contribution in [0.2, 0.25) is 0 Å². The number of hydrogen-bond donors (Lipinski definition) is 0. The Balaban J connectivity index is 2.17. The third-order valence-electron chi connectivity index (χ3n) is 2.63. The first kappa shape index (κ1) is 8.74. The Kier molecular flexibility index (Phi) is 1.91. The topological polar surface area (TPSA) is 38.8 Å². The Labute approximate surface area is 75.6 Å². The zero-order valence-corrected chi connectivity index (χ0v) is 7.57. The van der Waals surface area contributed by atoms with Crippen molar-refractivity contribution in [3.8, 4) is 0 Å². The van der Waals surface area contributed by atoms with Crippen LogP contribution >= 0.6 is 0 Å². The lowest BCUT2D eigenvalue weighted by molar-refractivity contribution is -0.152. The lowest BCUT2D eigenvalue weighted by Gasteiger charge is -2.33. The van der Waals surface area contributed by atoms with Gasteiger partial charge in [0.1, 0.15) is 6.10 Å². The largest absolute Gasteiger partial charge is 0.444 e. The highest BCUT2D eigenvalue weighted by molar-refractivity contribution is 5.70. The van der Waals surface area contributed by atoms with E-state index in [0.717, 1.165) is 0 Å². The fraction of sp³-hybridized carbons (Fsp3) is 0.875. The van der Waals surface area contributed by atoms with Crippen LogP contribution in [0.25, 0.3) is 0 Å². The van der Waals surface area contributed by atoms with Crippen LogP contribution in [0.3, 0.4) is 0 Å². The molecule has 74 valence electrons. The number of halogens is 1. The maximum atomic E-state index is 12.9. The molecule has 0 saturated carbocycles.